The smallest absolute Gasteiger partial charge is 0.326 e. The Morgan fingerprint density at radius 2 is 1.83 bits per heavy atom. The molecule has 1 aliphatic rings. The van der Waals surface area contributed by atoms with Crippen LogP contribution in [0.25, 0.3) is 0 Å². The van der Waals surface area contributed by atoms with E-state index in [1.807, 2.05) is 12.1 Å². The molecule has 0 radical (unpaired) electrons. The van der Waals surface area contributed by atoms with Gasteiger partial charge in [-0.1, -0.05) is 44.5 Å². The lowest BCUT2D eigenvalue weighted by molar-refractivity contribution is 0.0443. The van der Waals surface area contributed by atoms with Gasteiger partial charge in [0.25, 0.3) is 5.91 Å². The maximum absolute atomic E-state index is 12.2. The van der Waals surface area contributed by atoms with Crippen molar-refractivity contribution in [1.82, 2.24) is 5.32 Å². The first-order chi connectivity index (χ1) is 14.3. The van der Waals surface area contributed by atoms with Gasteiger partial charge in [-0.05, 0) is 73.4 Å². The number of hydrogen-bond donors (Lipinski definition) is 2. The van der Waals surface area contributed by atoms with E-state index in [0.29, 0.717) is 22.0 Å². The van der Waals surface area contributed by atoms with Crippen molar-refractivity contribution in [3.05, 3.63) is 59.1 Å². The normalized spacial score (nSPS) is 21.2. The highest BCUT2D eigenvalue weighted by Gasteiger charge is 2.35. The molecule has 0 aliphatic heterocycles. The number of carbonyl (C=O) groups is 2. The van der Waals surface area contributed by atoms with Gasteiger partial charge < -0.3 is 10.1 Å². The van der Waals surface area contributed by atoms with Crippen molar-refractivity contribution in [1.29, 1.82) is 0 Å². The standard InChI is InChI=1S/C24H29ClN2O3/c1-16(2)24(3)14-6-7-19(15-24)30-18-12-10-17(11-13-18)26-23(29)27-22(28)20-8-4-5-9-21(20)25/h4-5,8-13,16,19H,6-7,14-15H2,1-3H3,(H2,26,27,28,29). The Morgan fingerprint density at radius 3 is 2.50 bits per heavy atom. The predicted molar refractivity (Wildman–Crippen MR) is 120 cm³/mol. The lowest BCUT2D eigenvalue weighted by atomic mass is 9.67. The highest BCUT2D eigenvalue weighted by atomic mass is 35.5. The van der Waals surface area contributed by atoms with E-state index in [9.17, 15) is 9.59 Å². The summed E-state index contributed by atoms with van der Waals surface area (Å²) in [7, 11) is 0. The molecule has 1 aliphatic carbocycles. The Hall–Kier alpha value is -2.53. The zero-order chi connectivity index (χ0) is 21.7. The fourth-order valence-corrected chi connectivity index (χ4v) is 4.09. The van der Waals surface area contributed by atoms with Crippen LogP contribution in [0.4, 0.5) is 10.5 Å². The minimum Gasteiger partial charge on any atom is -0.490 e. The second-order valence-electron chi connectivity index (χ2n) is 8.56. The molecule has 30 heavy (non-hydrogen) atoms. The van der Waals surface area contributed by atoms with Crippen LogP contribution < -0.4 is 15.4 Å². The first kappa shape index (κ1) is 22.2. The molecule has 2 atom stereocenters. The first-order valence-electron chi connectivity index (χ1n) is 10.4. The van der Waals surface area contributed by atoms with Crippen molar-refractivity contribution in [3.8, 4) is 5.75 Å². The van der Waals surface area contributed by atoms with E-state index in [2.05, 4.69) is 31.4 Å². The maximum atomic E-state index is 12.2. The maximum Gasteiger partial charge on any atom is 0.326 e. The van der Waals surface area contributed by atoms with E-state index in [-0.39, 0.29) is 11.7 Å². The third kappa shape index (κ3) is 5.54. The van der Waals surface area contributed by atoms with E-state index < -0.39 is 11.9 Å². The Bertz CT molecular complexity index is 898. The minimum absolute atomic E-state index is 0.210. The molecule has 0 spiro atoms. The highest BCUT2D eigenvalue weighted by Crippen LogP contribution is 2.43. The molecule has 2 aromatic rings. The van der Waals surface area contributed by atoms with E-state index >= 15 is 0 Å². The fourth-order valence-electron chi connectivity index (χ4n) is 3.87. The third-order valence-corrected chi connectivity index (χ3v) is 6.45. The molecular formula is C24H29ClN2O3. The number of ether oxygens (including phenoxy) is 1. The number of hydrogen-bond acceptors (Lipinski definition) is 3. The molecule has 2 N–H and O–H groups in total. The lowest BCUT2D eigenvalue weighted by Gasteiger charge is -2.41. The van der Waals surface area contributed by atoms with Crippen molar-refractivity contribution in [3.63, 3.8) is 0 Å². The zero-order valence-corrected chi connectivity index (χ0v) is 18.5. The summed E-state index contributed by atoms with van der Waals surface area (Å²) in [5.41, 5.74) is 1.14. The Labute approximate surface area is 183 Å². The summed E-state index contributed by atoms with van der Waals surface area (Å²) in [6.45, 7) is 6.91. The zero-order valence-electron chi connectivity index (χ0n) is 17.7. The molecule has 6 heteroatoms. The lowest BCUT2D eigenvalue weighted by Crippen LogP contribution is -2.35. The number of benzene rings is 2. The van der Waals surface area contributed by atoms with Gasteiger partial charge in [-0.3, -0.25) is 10.1 Å². The second kappa shape index (κ2) is 9.52. The highest BCUT2D eigenvalue weighted by molar-refractivity contribution is 6.34. The van der Waals surface area contributed by atoms with Crippen LogP contribution in [0.5, 0.6) is 5.75 Å². The summed E-state index contributed by atoms with van der Waals surface area (Å²) >= 11 is 5.99. The van der Waals surface area contributed by atoms with Gasteiger partial charge in [0.15, 0.2) is 0 Å². The molecule has 160 valence electrons. The van der Waals surface area contributed by atoms with Gasteiger partial charge in [-0.2, -0.15) is 0 Å². The molecule has 0 aromatic heterocycles. The average Bonchev–Trinajstić information content (AvgIpc) is 2.69. The molecule has 1 fully saturated rings. The van der Waals surface area contributed by atoms with Gasteiger partial charge in [-0.25, -0.2) is 4.79 Å². The second-order valence-corrected chi connectivity index (χ2v) is 8.96. The van der Waals surface area contributed by atoms with Crippen molar-refractivity contribution in [2.45, 2.75) is 52.6 Å². The number of urea groups is 1. The van der Waals surface area contributed by atoms with E-state index in [0.717, 1.165) is 18.6 Å². The van der Waals surface area contributed by atoms with Crippen molar-refractivity contribution >= 4 is 29.2 Å². The van der Waals surface area contributed by atoms with Gasteiger partial charge in [0.1, 0.15) is 5.75 Å². The molecular weight excluding hydrogens is 400 g/mol. The minimum atomic E-state index is -0.617. The summed E-state index contributed by atoms with van der Waals surface area (Å²) in [5, 5.41) is 5.22. The van der Waals surface area contributed by atoms with Crippen LogP contribution in [-0.2, 0) is 0 Å². The number of amides is 3. The molecule has 0 heterocycles. The molecule has 0 bridgehead atoms. The topological polar surface area (TPSA) is 67.4 Å². The quantitative estimate of drug-likeness (QED) is 0.588. The summed E-state index contributed by atoms with van der Waals surface area (Å²) in [6, 6.07) is 13.2. The van der Waals surface area contributed by atoms with Crippen LogP contribution in [0.3, 0.4) is 0 Å². The van der Waals surface area contributed by atoms with Crippen LogP contribution >= 0.6 is 11.6 Å². The average molecular weight is 429 g/mol. The molecule has 2 unspecified atom stereocenters. The number of anilines is 1. The molecule has 2 aromatic carbocycles. The number of rotatable bonds is 5. The van der Waals surface area contributed by atoms with Crippen molar-refractivity contribution < 1.29 is 14.3 Å². The van der Waals surface area contributed by atoms with Crippen LogP contribution in [0.1, 0.15) is 56.8 Å². The first-order valence-corrected chi connectivity index (χ1v) is 10.8. The Kier molecular flexibility index (Phi) is 7.03. The van der Waals surface area contributed by atoms with Gasteiger partial charge >= 0.3 is 6.03 Å². The summed E-state index contributed by atoms with van der Waals surface area (Å²) in [6.07, 6.45) is 4.75. The largest absolute Gasteiger partial charge is 0.490 e. The number of carbonyl (C=O) groups excluding carboxylic acids is 2. The number of imide groups is 1. The monoisotopic (exact) mass is 428 g/mol. The van der Waals surface area contributed by atoms with E-state index in [1.54, 1.807) is 36.4 Å². The van der Waals surface area contributed by atoms with Crippen molar-refractivity contribution in [2.75, 3.05) is 5.32 Å². The van der Waals surface area contributed by atoms with Crippen LogP contribution in [0, 0.1) is 11.3 Å². The molecule has 5 nitrogen and oxygen atoms in total. The Balaban J connectivity index is 1.54. The Morgan fingerprint density at radius 1 is 1.13 bits per heavy atom. The SMILES string of the molecule is CC(C)C1(C)CCCC(Oc2ccc(NC(=O)NC(=O)c3ccccc3Cl)cc2)C1. The molecule has 3 rings (SSSR count). The molecule has 3 amide bonds. The van der Waals surface area contributed by atoms with Gasteiger partial charge in [0.2, 0.25) is 0 Å². The van der Waals surface area contributed by atoms with E-state index in [4.69, 9.17) is 16.3 Å². The number of halogens is 1. The van der Waals surface area contributed by atoms with Gasteiger partial charge in [0, 0.05) is 5.69 Å². The number of nitrogens with one attached hydrogen (secondary N) is 2. The summed E-state index contributed by atoms with van der Waals surface area (Å²) in [4.78, 5) is 24.3. The summed E-state index contributed by atoms with van der Waals surface area (Å²) in [5.74, 6) is 0.858. The molecule has 1 saturated carbocycles. The third-order valence-electron chi connectivity index (χ3n) is 6.12. The molecule has 0 saturated heterocycles. The summed E-state index contributed by atoms with van der Waals surface area (Å²) < 4.78 is 6.20. The van der Waals surface area contributed by atoms with Gasteiger partial charge in [0.05, 0.1) is 16.7 Å². The van der Waals surface area contributed by atoms with E-state index in [1.165, 1.54) is 12.8 Å². The van der Waals surface area contributed by atoms with Crippen LogP contribution in [-0.4, -0.2) is 18.0 Å². The van der Waals surface area contributed by atoms with Crippen LogP contribution in [0.2, 0.25) is 5.02 Å². The fraction of sp³-hybridized carbons (Fsp3) is 0.417. The van der Waals surface area contributed by atoms with Crippen molar-refractivity contribution in [2.24, 2.45) is 11.3 Å². The predicted octanol–water partition coefficient (Wildman–Crippen LogP) is 6.29. The van der Waals surface area contributed by atoms with Crippen LogP contribution in [0.15, 0.2) is 48.5 Å². The van der Waals surface area contributed by atoms with Gasteiger partial charge in [-0.15, -0.1) is 0 Å².